The summed E-state index contributed by atoms with van der Waals surface area (Å²) in [5.74, 6) is 1.95. The molecule has 0 amide bonds. The van der Waals surface area contributed by atoms with E-state index in [2.05, 4.69) is 24.8 Å². The molecule has 100 valence electrons. The van der Waals surface area contributed by atoms with Crippen LogP contribution >= 0.6 is 0 Å². The maximum atomic E-state index is 5.64. The van der Waals surface area contributed by atoms with E-state index in [9.17, 15) is 0 Å². The molecule has 0 bridgehead atoms. The number of nitrogens with one attached hydrogen (secondary N) is 1. The van der Waals surface area contributed by atoms with Crippen LogP contribution in [-0.4, -0.2) is 32.6 Å². The lowest BCUT2D eigenvalue weighted by Gasteiger charge is -2.22. The van der Waals surface area contributed by atoms with Gasteiger partial charge in [0.2, 0.25) is 5.95 Å². The van der Waals surface area contributed by atoms with E-state index in [0.29, 0.717) is 11.9 Å². The molecule has 0 aliphatic carbocycles. The minimum atomic E-state index is 0.294. The molecular formula is C13H18N6. The predicted octanol–water partition coefficient (Wildman–Crippen LogP) is 0.926. The van der Waals surface area contributed by atoms with Crippen molar-refractivity contribution < 1.29 is 0 Å². The Bertz CT molecular complexity index is 570. The predicted molar refractivity (Wildman–Crippen MR) is 73.5 cm³/mol. The van der Waals surface area contributed by atoms with Gasteiger partial charge in [0.1, 0.15) is 5.82 Å². The standard InChI is InChI=1S/C13H18N6/c1-19-11(10-4-7-16-13(14)18-10)8-17-12(19)9-2-5-15-6-3-9/h4,7-9,15H,2-3,5-6H2,1H3,(H2,14,16,18). The van der Waals surface area contributed by atoms with Gasteiger partial charge in [0, 0.05) is 19.2 Å². The Morgan fingerprint density at radius 1 is 1.32 bits per heavy atom. The number of nitrogens with two attached hydrogens (primary N) is 1. The summed E-state index contributed by atoms with van der Waals surface area (Å²) in [5.41, 5.74) is 7.45. The Balaban J connectivity index is 1.94. The number of nitrogens with zero attached hydrogens (tertiary/aromatic N) is 4. The van der Waals surface area contributed by atoms with Gasteiger partial charge in [-0.05, 0) is 32.0 Å². The average Bonchev–Trinajstić information content (AvgIpc) is 2.81. The molecule has 1 aliphatic heterocycles. The van der Waals surface area contributed by atoms with Crippen LogP contribution < -0.4 is 11.1 Å². The molecule has 19 heavy (non-hydrogen) atoms. The maximum absolute atomic E-state index is 5.64. The largest absolute Gasteiger partial charge is 0.368 e. The fourth-order valence-electron chi connectivity index (χ4n) is 2.64. The minimum Gasteiger partial charge on any atom is -0.368 e. The van der Waals surface area contributed by atoms with E-state index in [-0.39, 0.29) is 0 Å². The van der Waals surface area contributed by atoms with E-state index in [1.54, 1.807) is 6.20 Å². The molecule has 2 aromatic heterocycles. The first kappa shape index (κ1) is 12.1. The van der Waals surface area contributed by atoms with Gasteiger partial charge in [0.05, 0.1) is 17.6 Å². The molecule has 2 aromatic rings. The number of aromatic nitrogens is 4. The van der Waals surface area contributed by atoms with Gasteiger partial charge in [-0.2, -0.15) is 0 Å². The number of rotatable bonds is 2. The van der Waals surface area contributed by atoms with Crippen molar-refractivity contribution >= 4 is 5.95 Å². The average molecular weight is 258 g/mol. The van der Waals surface area contributed by atoms with E-state index in [1.807, 2.05) is 19.3 Å². The molecule has 3 heterocycles. The first-order valence-corrected chi connectivity index (χ1v) is 6.57. The van der Waals surface area contributed by atoms with Crippen LogP contribution in [0.1, 0.15) is 24.6 Å². The van der Waals surface area contributed by atoms with Crippen molar-refractivity contribution in [1.29, 1.82) is 0 Å². The Kier molecular flexibility index (Phi) is 3.16. The Labute approximate surface area is 112 Å². The van der Waals surface area contributed by atoms with E-state index in [1.165, 1.54) is 0 Å². The van der Waals surface area contributed by atoms with Gasteiger partial charge in [0.25, 0.3) is 0 Å². The summed E-state index contributed by atoms with van der Waals surface area (Å²) >= 11 is 0. The molecule has 1 fully saturated rings. The zero-order valence-corrected chi connectivity index (χ0v) is 11.0. The van der Waals surface area contributed by atoms with Gasteiger partial charge in [-0.3, -0.25) is 0 Å². The molecule has 3 rings (SSSR count). The quantitative estimate of drug-likeness (QED) is 0.837. The van der Waals surface area contributed by atoms with Crippen LogP contribution in [0, 0.1) is 0 Å². The van der Waals surface area contributed by atoms with Gasteiger partial charge in [-0.15, -0.1) is 0 Å². The van der Waals surface area contributed by atoms with Crippen LogP contribution in [0.15, 0.2) is 18.5 Å². The lowest BCUT2D eigenvalue weighted by Crippen LogP contribution is -2.27. The number of piperidine rings is 1. The lowest BCUT2D eigenvalue weighted by molar-refractivity contribution is 0.437. The van der Waals surface area contributed by atoms with Crippen LogP contribution in [0.25, 0.3) is 11.4 Å². The molecule has 0 saturated carbocycles. The van der Waals surface area contributed by atoms with Crippen molar-refractivity contribution in [3.63, 3.8) is 0 Å². The number of imidazole rings is 1. The van der Waals surface area contributed by atoms with Crippen LogP contribution in [0.2, 0.25) is 0 Å². The van der Waals surface area contributed by atoms with Crippen LogP contribution in [0.3, 0.4) is 0 Å². The molecule has 1 saturated heterocycles. The summed E-state index contributed by atoms with van der Waals surface area (Å²) in [6.45, 7) is 2.13. The van der Waals surface area contributed by atoms with Gasteiger partial charge in [-0.1, -0.05) is 0 Å². The third-order valence-electron chi connectivity index (χ3n) is 3.67. The van der Waals surface area contributed by atoms with E-state index < -0.39 is 0 Å². The molecule has 0 spiro atoms. The highest BCUT2D eigenvalue weighted by Gasteiger charge is 2.21. The molecule has 6 nitrogen and oxygen atoms in total. The highest BCUT2D eigenvalue weighted by atomic mass is 15.1. The highest BCUT2D eigenvalue weighted by Crippen LogP contribution is 2.27. The van der Waals surface area contributed by atoms with E-state index in [0.717, 1.165) is 43.1 Å². The molecule has 0 atom stereocenters. The number of nitrogen functional groups attached to an aromatic ring is 1. The third kappa shape index (κ3) is 2.31. The van der Waals surface area contributed by atoms with Gasteiger partial charge < -0.3 is 15.6 Å². The van der Waals surface area contributed by atoms with Crippen LogP contribution in [0.4, 0.5) is 5.95 Å². The van der Waals surface area contributed by atoms with Crippen LogP contribution in [0.5, 0.6) is 0 Å². The fourth-order valence-corrected chi connectivity index (χ4v) is 2.64. The summed E-state index contributed by atoms with van der Waals surface area (Å²) in [6, 6.07) is 1.86. The Hall–Kier alpha value is -1.95. The summed E-state index contributed by atoms with van der Waals surface area (Å²) < 4.78 is 2.12. The summed E-state index contributed by atoms with van der Waals surface area (Å²) in [6.07, 6.45) is 5.82. The van der Waals surface area contributed by atoms with Crippen molar-refractivity contribution in [2.45, 2.75) is 18.8 Å². The minimum absolute atomic E-state index is 0.294. The number of hydrogen-bond donors (Lipinski definition) is 2. The first-order valence-electron chi connectivity index (χ1n) is 6.57. The van der Waals surface area contributed by atoms with Gasteiger partial charge >= 0.3 is 0 Å². The number of hydrogen-bond acceptors (Lipinski definition) is 5. The maximum Gasteiger partial charge on any atom is 0.220 e. The first-order chi connectivity index (χ1) is 9.25. The van der Waals surface area contributed by atoms with Crippen molar-refractivity contribution in [3.8, 4) is 11.4 Å². The molecule has 6 heteroatoms. The van der Waals surface area contributed by atoms with E-state index >= 15 is 0 Å². The molecule has 0 unspecified atom stereocenters. The fraction of sp³-hybridized carbons (Fsp3) is 0.462. The second kappa shape index (κ2) is 4.97. The number of anilines is 1. The second-order valence-corrected chi connectivity index (χ2v) is 4.89. The lowest BCUT2D eigenvalue weighted by atomic mass is 9.97. The Morgan fingerprint density at radius 2 is 2.11 bits per heavy atom. The third-order valence-corrected chi connectivity index (χ3v) is 3.67. The molecule has 3 N–H and O–H groups in total. The summed E-state index contributed by atoms with van der Waals surface area (Å²) in [4.78, 5) is 12.8. The van der Waals surface area contributed by atoms with Crippen molar-refractivity contribution in [3.05, 3.63) is 24.3 Å². The van der Waals surface area contributed by atoms with Gasteiger partial charge in [0.15, 0.2) is 0 Å². The Morgan fingerprint density at radius 3 is 2.84 bits per heavy atom. The SMILES string of the molecule is Cn1c(-c2ccnc(N)n2)cnc1C1CCNCC1. The topological polar surface area (TPSA) is 81.7 Å². The van der Waals surface area contributed by atoms with E-state index in [4.69, 9.17) is 5.73 Å². The zero-order chi connectivity index (χ0) is 13.2. The monoisotopic (exact) mass is 258 g/mol. The molecule has 1 aliphatic rings. The normalized spacial score (nSPS) is 16.7. The zero-order valence-electron chi connectivity index (χ0n) is 11.0. The van der Waals surface area contributed by atoms with Crippen molar-refractivity contribution in [2.75, 3.05) is 18.8 Å². The molecular weight excluding hydrogens is 240 g/mol. The second-order valence-electron chi connectivity index (χ2n) is 4.89. The van der Waals surface area contributed by atoms with Gasteiger partial charge in [-0.25, -0.2) is 15.0 Å². The smallest absolute Gasteiger partial charge is 0.220 e. The van der Waals surface area contributed by atoms with Crippen molar-refractivity contribution in [1.82, 2.24) is 24.8 Å². The summed E-state index contributed by atoms with van der Waals surface area (Å²) in [7, 11) is 2.04. The van der Waals surface area contributed by atoms with Crippen molar-refractivity contribution in [2.24, 2.45) is 7.05 Å². The van der Waals surface area contributed by atoms with Crippen LogP contribution in [-0.2, 0) is 7.05 Å². The highest BCUT2D eigenvalue weighted by molar-refractivity contribution is 5.55. The summed E-state index contributed by atoms with van der Waals surface area (Å²) in [5, 5.41) is 3.38. The molecule has 0 aromatic carbocycles. The molecule has 0 radical (unpaired) electrons.